The van der Waals surface area contributed by atoms with E-state index in [-0.39, 0.29) is 16.5 Å². The fourth-order valence-corrected chi connectivity index (χ4v) is 6.09. The third kappa shape index (κ3) is 6.38. The van der Waals surface area contributed by atoms with Crippen LogP contribution in [0.1, 0.15) is 32.4 Å². The molecule has 0 spiro atoms. The van der Waals surface area contributed by atoms with Gasteiger partial charge in [0, 0.05) is 18.2 Å². The molecule has 6 N–H and O–H groups in total. The lowest BCUT2D eigenvalue weighted by Crippen LogP contribution is -2.73. The molecule has 2 amide bonds. The van der Waals surface area contributed by atoms with Gasteiger partial charge in [0.15, 0.2) is 5.71 Å². The minimum Gasteiger partial charge on any atom is -0.478 e. The van der Waals surface area contributed by atoms with Crippen molar-refractivity contribution < 1.29 is 41.8 Å². The largest absolute Gasteiger partial charge is 0.478 e. The van der Waals surface area contributed by atoms with E-state index < -0.39 is 57.0 Å². The Bertz CT molecular complexity index is 1350. The maximum Gasteiger partial charge on any atom is 0.362 e. The zero-order valence-corrected chi connectivity index (χ0v) is 23.7. The van der Waals surface area contributed by atoms with Crippen molar-refractivity contribution in [3.05, 3.63) is 23.0 Å². The van der Waals surface area contributed by atoms with Crippen molar-refractivity contribution in [3.8, 4) is 0 Å². The molecular weight excluding hydrogens is 570 g/mol. The summed E-state index contributed by atoms with van der Waals surface area (Å²) < 4.78 is 34.6. The maximum atomic E-state index is 13.2. The molecule has 2 saturated heterocycles. The van der Waals surface area contributed by atoms with Gasteiger partial charge < -0.3 is 30.8 Å². The van der Waals surface area contributed by atoms with Crippen LogP contribution in [0.15, 0.2) is 22.5 Å². The third-order valence-electron chi connectivity index (χ3n) is 6.81. The first kappa shape index (κ1) is 29.7. The quantitative estimate of drug-likeness (QED) is 0.0618. The average Bonchev–Trinajstić information content (AvgIpc) is 3.58. The standard InChI is InChI=1S/C21H31N9O8S2/c1-21(2,19(33)34)38-27-15(13-11-39-20(22)24-13)17(31)25-16-14(29(18(16)32)40(35,36)37)9-28-23-8-12(26-28)10-30(3)6-4-5-7-30/h8,11,14,16,20,24H,4-7,9-10,22H2,1-3H3,(H2-,25,31,33,34,35,36,37)/p+1/b27-15-. The highest BCUT2D eigenvalue weighted by Crippen LogP contribution is 2.26. The van der Waals surface area contributed by atoms with Crippen molar-refractivity contribution in [3.63, 3.8) is 0 Å². The van der Waals surface area contributed by atoms with Crippen LogP contribution < -0.4 is 16.4 Å². The molecular formula is C21H32N9O8S2+. The van der Waals surface area contributed by atoms with Gasteiger partial charge in [-0.15, -0.1) is 0 Å². The number of carboxylic acids is 1. The normalized spacial score (nSPS) is 24.8. The monoisotopic (exact) mass is 602 g/mol. The Balaban J connectivity index is 1.54. The minimum atomic E-state index is -4.96. The summed E-state index contributed by atoms with van der Waals surface area (Å²) in [6.45, 7) is 4.81. The van der Waals surface area contributed by atoms with Gasteiger partial charge in [-0.1, -0.05) is 16.9 Å². The van der Waals surface area contributed by atoms with Gasteiger partial charge in [-0.3, -0.25) is 14.1 Å². The molecule has 0 aliphatic carbocycles. The number of carbonyl (C=O) groups excluding carboxylic acids is 2. The number of thioether (sulfide) groups is 1. The highest BCUT2D eigenvalue weighted by Gasteiger charge is 2.54. The minimum absolute atomic E-state index is 0.100. The number of nitrogens with two attached hydrogens (primary N) is 1. The Hall–Kier alpha value is -3.26. The first-order valence-corrected chi connectivity index (χ1v) is 14.7. The Morgan fingerprint density at radius 3 is 2.62 bits per heavy atom. The molecule has 220 valence electrons. The molecule has 1 aromatic rings. The van der Waals surface area contributed by atoms with Crippen molar-refractivity contribution in [1.29, 1.82) is 0 Å². The van der Waals surface area contributed by atoms with E-state index in [1.54, 1.807) is 6.20 Å². The molecule has 17 nitrogen and oxygen atoms in total. The second kappa shape index (κ2) is 11.0. The predicted molar refractivity (Wildman–Crippen MR) is 140 cm³/mol. The molecule has 0 saturated carbocycles. The summed E-state index contributed by atoms with van der Waals surface area (Å²) in [5.74, 6) is -3.41. The van der Waals surface area contributed by atoms with Crippen LogP contribution in [0.3, 0.4) is 0 Å². The first-order valence-electron chi connectivity index (χ1n) is 12.3. The Morgan fingerprint density at radius 2 is 2.05 bits per heavy atom. The summed E-state index contributed by atoms with van der Waals surface area (Å²) in [7, 11) is -2.85. The number of likely N-dealkylation sites (tertiary alicyclic amines) is 1. The van der Waals surface area contributed by atoms with Crippen LogP contribution >= 0.6 is 11.8 Å². The highest BCUT2D eigenvalue weighted by atomic mass is 32.2. The molecule has 0 aromatic carbocycles. The summed E-state index contributed by atoms with van der Waals surface area (Å²) in [5, 5.41) is 28.2. The Kier molecular flexibility index (Phi) is 8.14. The summed E-state index contributed by atoms with van der Waals surface area (Å²) >= 11 is 1.11. The topological polar surface area (TPSA) is 231 Å². The number of β-lactam (4-membered cyclic amide) rings is 1. The van der Waals surface area contributed by atoms with Gasteiger partial charge in [0.1, 0.15) is 29.8 Å². The summed E-state index contributed by atoms with van der Waals surface area (Å²) in [5.41, 5.74) is 3.72. The Morgan fingerprint density at radius 1 is 1.38 bits per heavy atom. The fourth-order valence-electron chi connectivity index (χ4n) is 4.56. The molecule has 2 fully saturated rings. The molecule has 1 aromatic heterocycles. The lowest BCUT2D eigenvalue weighted by atomic mass is 9.98. The molecule has 4 rings (SSSR count). The number of quaternary nitrogens is 1. The van der Waals surface area contributed by atoms with Crippen molar-refractivity contribution in [2.24, 2.45) is 10.9 Å². The number of oxime groups is 1. The molecule has 3 aliphatic rings. The summed E-state index contributed by atoms with van der Waals surface area (Å²) in [4.78, 5) is 43.7. The summed E-state index contributed by atoms with van der Waals surface area (Å²) in [6.07, 6.45) is 3.78. The zero-order valence-electron chi connectivity index (χ0n) is 22.1. The van der Waals surface area contributed by atoms with Gasteiger partial charge in [-0.25, -0.2) is 9.10 Å². The third-order valence-corrected chi connectivity index (χ3v) is 8.54. The van der Waals surface area contributed by atoms with E-state index in [2.05, 4.69) is 33.0 Å². The van der Waals surface area contributed by atoms with Crippen molar-refractivity contribution in [2.45, 2.75) is 63.0 Å². The number of hydrogen-bond donors (Lipinski definition) is 5. The van der Waals surface area contributed by atoms with Crippen molar-refractivity contribution in [1.82, 2.24) is 29.9 Å². The lowest BCUT2D eigenvalue weighted by Gasteiger charge is -2.43. The van der Waals surface area contributed by atoms with Crippen molar-refractivity contribution >= 4 is 45.6 Å². The number of nitrogens with zero attached hydrogens (tertiary/aromatic N) is 6. The molecule has 40 heavy (non-hydrogen) atoms. The van der Waals surface area contributed by atoms with Gasteiger partial charge >= 0.3 is 16.3 Å². The molecule has 19 heteroatoms. The smallest absolute Gasteiger partial charge is 0.362 e. The van der Waals surface area contributed by atoms with Gasteiger partial charge in [0.2, 0.25) is 5.60 Å². The van der Waals surface area contributed by atoms with E-state index in [1.165, 1.54) is 24.1 Å². The SMILES string of the molecule is CC(C)(O/N=C(\C(=O)NC1C(=O)N(S(=O)(=O)O)C1Cn1ncc(C[N+]2(C)CCCC2)n1)C1=CSC(N)N1)C(=O)O. The average molecular weight is 603 g/mol. The van der Waals surface area contributed by atoms with Crippen LogP contribution in [0.4, 0.5) is 0 Å². The second-order valence-corrected chi connectivity index (χ2v) is 12.8. The molecule has 0 bridgehead atoms. The van der Waals surface area contributed by atoms with Gasteiger partial charge in [0.25, 0.3) is 11.8 Å². The number of hydrogen-bond acceptors (Lipinski definition) is 12. The van der Waals surface area contributed by atoms with E-state index in [1.807, 2.05) is 0 Å². The van der Waals surface area contributed by atoms with Crippen molar-refractivity contribution in [2.75, 3.05) is 20.1 Å². The van der Waals surface area contributed by atoms with E-state index >= 15 is 0 Å². The van der Waals surface area contributed by atoms with Crippen LogP contribution in [-0.2, 0) is 42.6 Å². The van der Waals surface area contributed by atoms with Gasteiger partial charge in [-0.2, -0.15) is 23.4 Å². The molecule has 0 radical (unpaired) electrons. The second-order valence-electron chi connectivity index (χ2n) is 10.5. The number of rotatable bonds is 11. The first-order chi connectivity index (χ1) is 18.6. The molecule has 3 aliphatic heterocycles. The molecule has 4 heterocycles. The number of aromatic nitrogens is 3. The van der Waals surface area contributed by atoms with E-state index in [4.69, 9.17) is 10.6 Å². The van der Waals surface area contributed by atoms with Gasteiger partial charge in [-0.05, 0) is 13.8 Å². The Labute approximate surface area is 234 Å². The van der Waals surface area contributed by atoms with E-state index in [0.29, 0.717) is 12.2 Å². The van der Waals surface area contributed by atoms with Crippen LogP contribution in [0.25, 0.3) is 0 Å². The van der Waals surface area contributed by atoms with Crippen LogP contribution in [-0.4, -0.2) is 109 Å². The molecule has 3 atom stereocenters. The predicted octanol–water partition coefficient (Wildman–Crippen LogP) is -1.83. The van der Waals surface area contributed by atoms with Crippen LogP contribution in [0.2, 0.25) is 0 Å². The fraction of sp³-hybridized carbons (Fsp3) is 0.619. The van der Waals surface area contributed by atoms with E-state index in [0.717, 1.165) is 42.2 Å². The van der Waals surface area contributed by atoms with E-state index in [9.17, 15) is 32.5 Å². The number of carbonyl (C=O) groups is 3. The highest BCUT2D eigenvalue weighted by molar-refractivity contribution is 8.02. The number of aliphatic carboxylic acids is 1. The maximum absolute atomic E-state index is 13.2. The zero-order chi connectivity index (χ0) is 29.5. The number of carboxylic acid groups (broad SMARTS) is 1. The number of amides is 2. The lowest BCUT2D eigenvalue weighted by molar-refractivity contribution is -0.911. The van der Waals surface area contributed by atoms with Gasteiger partial charge in [0.05, 0.1) is 38.6 Å². The van der Waals surface area contributed by atoms with Crippen LogP contribution in [0, 0.1) is 0 Å². The molecule has 3 unspecified atom stereocenters. The number of nitrogens with one attached hydrogen (secondary N) is 2. The summed E-state index contributed by atoms with van der Waals surface area (Å²) in [6, 6.07) is -2.67. The van der Waals surface area contributed by atoms with Crippen LogP contribution in [0.5, 0.6) is 0 Å².